The minimum Gasteiger partial charge on any atom is -0.496 e. The molecule has 0 atom stereocenters. The summed E-state index contributed by atoms with van der Waals surface area (Å²) < 4.78 is 5.30. The number of carbonyl (C=O) groups excluding carboxylic acids is 1. The number of methoxy groups -OCH3 is 1. The fraction of sp³-hybridized carbons (Fsp3) is 0.235. The summed E-state index contributed by atoms with van der Waals surface area (Å²) >= 11 is 3.39. The first-order valence-electron chi connectivity index (χ1n) is 6.79. The van der Waals surface area contributed by atoms with Crippen LogP contribution in [0.4, 0.5) is 0 Å². The summed E-state index contributed by atoms with van der Waals surface area (Å²) in [5.74, 6) is 0.805. The van der Waals surface area contributed by atoms with Crippen LogP contribution in [-0.2, 0) is 11.8 Å². The van der Waals surface area contributed by atoms with Crippen LogP contribution in [0, 0.1) is 0 Å². The van der Waals surface area contributed by atoms with Crippen molar-refractivity contribution < 1.29 is 9.53 Å². The summed E-state index contributed by atoms with van der Waals surface area (Å²) in [6.45, 7) is 0.583. The monoisotopic (exact) mass is 347 g/mol. The second kappa shape index (κ2) is 7.84. The van der Waals surface area contributed by atoms with E-state index in [2.05, 4.69) is 21.2 Å². The second-order valence-corrected chi connectivity index (χ2v) is 5.21. The Balaban J connectivity index is 1.89. The fourth-order valence-electron chi connectivity index (χ4n) is 2.07. The van der Waals surface area contributed by atoms with Crippen molar-refractivity contribution in [1.82, 2.24) is 5.32 Å². The molecule has 0 saturated carbocycles. The van der Waals surface area contributed by atoms with Crippen LogP contribution in [0.3, 0.4) is 0 Å². The van der Waals surface area contributed by atoms with Crippen molar-refractivity contribution >= 4 is 21.8 Å². The van der Waals surface area contributed by atoms with E-state index in [0.717, 1.165) is 28.6 Å². The average Bonchev–Trinajstić information content (AvgIpc) is 2.55. The number of para-hydroxylation sites is 1. The molecule has 0 unspecified atom stereocenters. The van der Waals surface area contributed by atoms with Crippen LogP contribution in [0.25, 0.3) is 0 Å². The maximum Gasteiger partial charge on any atom is 0.251 e. The molecule has 0 aliphatic heterocycles. The Kier molecular flexibility index (Phi) is 5.81. The van der Waals surface area contributed by atoms with Crippen molar-refractivity contribution in [2.75, 3.05) is 13.7 Å². The Labute approximate surface area is 133 Å². The molecule has 0 aliphatic carbocycles. The molecule has 0 spiro atoms. The average molecular weight is 348 g/mol. The molecule has 1 amide bonds. The highest BCUT2D eigenvalue weighted by Crippen LogP contribution is 2.17. The van der Waals surface area contributed by atoms with E-state index in [1.807, 2.05) is 48.5 Å². The van der Waals surface area contributed by atoms with Gasteiger partial charge >= 0.3 is 0 Å². The summed E-state index contributed by atoms with van der Waals surface area (Å²) in [4.78, 5) is 12.0. The summed E-state index contributed by atoms with van der Waals surface area (Å²) in [6, 6.07) is 15.4. The molecule has 0 fully saturated rings. The van der Waals surface area contributed by atoms with Gasteiger partial charge in [0.1, 0.15) is 5.75 Å². The fourth-order valence-corrected chi connectivity index (χ4v) is 2.44. The highest BCUT2D eigenvalue weighted by molar-refractivity contribution is 9.08. The number of halogens is 1. The number of nitrogens with one attached hydrogen (secondary N) is 1. The molecule has 1 N–H and O–H groups in total. The quantitative estimate of drug-likeness (QED) is 0.811. The summed E-state index contributed by atoms with van der Waals surface area (Å²) in [5, 5.41) is 3.72. The number of benzene rings is 2. The number of alkyl halides is 1. The normalized spacial score (nSPS) is 10.2. The van der Waals surface area contributed by atoms with Gasteiger partial charge in [-0.15, -0.1) is 0 Å². The van der Waals surface area contributed by atoms with Gasteiger partial charge in [-0.1, -0.05) is 46.3 Å². The number of ether oxygens (including phenoxy) is 1. The minimum atomic E-state index is -0.0500. The van der Waals surface area contributed by atoms with E-state index in [-0.39, 0.29) is 5.91 Å². The van der Waals surface area contributed by atoms with E-state index in [9.17, 15) is 4.79 Å². The molecule has 0 aromatic heterocycles. The van der Waals surface area contributed by atoms with Crippen LogP contribution < -0.4 is 10.1 Å². The summed E-state index contributed by atoms with van der Waals surface area (Å²) in [5.41, 5.74) is 2.93. The molecule has 110 valence electrons. The van der Waals surface area contributed by atoms with Crippen molar-refractivity contribution in [3.63, 3.8) is 0 Å². The molecule has 0 aliphatic rings. The van der Waals surface area contributed by atoms with Crippen molar-refractivity contribution in [3.05, 3.63) is 65.2 Å². The molecule has 0 saturated heterocycles. The Morgan fingerprint density at radius 2 is 1.86 bits per heavy atom. The maximum absolute atomic E-state index is 12.0. The van der Waals surface area contributed by atoms with Crippen LogP contribution in [0.1, 0.15) is 21.5 Å². The van der Waals surface area contributed by atoms with Gasteiger partial charge in [0.05, 0.1) is 7.11 Å². The second-order valence-electron chi connectivity index (χ2n) is 4.65. The van der Waals surface area contributed by atoms with Crippen LogP contribution in [0.15, 0.2) is 48.5 Å². The highest BCUT2D eigenvalue weighted by atomic mass is 79.9. The summed E-state index contributed by atoms with van der Waals surface area (Å²) in [6.07, 6.45) is 0.745. The molecule has 2 aromatic carbocycles. The van der Waals surface area contributed by atoms with Gasteiger partial charge in [0, 0.05) is 17.4 Å². The van der Waals surface area contributed by atoms with E-state index in [1.165, 1.54) is 0 Å². The van der Waals surface area contributed by atoms with E-state index in [0.29, 0.717) is 12.1 Å². The van der Waals surface area contributed by atoms with E-state index in [1.54, 1.807) is 7.11 Å². The van der Waals surface area contributed by atoms with Crippen molar-refractivity contribution in [1.29, 1.82) is 0 Å². The highest BCUT2D eigenvalue weighted by Gasteiger charge is 2.06. The van der Waals surface area contributed by atoms with Gasteiger partial charge in [-0.05, 0) is 35.7 Å². The zero-order valence-corrected chi connectivity index (χ0v) is 13.5. The van der Waals surface area contributed by atoms with Crippen molar-refractivity contribution in [2.24, 2.45) is 0 Å². The molecule has 0 bridgehead atoms. The van der Waals surface area contributed by atoms with Crippen LogP contribution in [0.2, 0.25) is 0 Å². The predicted octanol–water partition coefficient (Wildman–Crippen LogP) is 3.56. The van der Waals surface area contributed by atoms with Gasteiger partial charge in [0.25, 0.3) is 5.91 Å². The van der Waals surface area contributed by atoms with Gasteiger partial charge < -0.3 is 10.1 Å². The van der Waals surface area contributed by atoms with E-state index in [4.69, 9.17) is 4.74 Å². The molecule has 2 aromatic rings. The lowest BCUT2D eigenvalue weighted by atomic mass is 10.1. The largest absolute Gasteiger partial charge is 0.496 e. The Bertz CT molecular complexity index is 596. The third kappa shape index (κ3) is 4.33. The van der Waals surface area contributed by atoms with Gasteiger partial charge in [-0.2, -0.15) is 0 Å². The molecule has 21 heavy (non-hydrogen) atoms. The lowest BCUT2D eigenvalue weighted by Crippen LogP contribution is -2.25. The zero-order valence-electron chi connectivity index (χ0n) is 11.9. The third-order valence-electron chi connectivity index (χ3n) is 3.24. The number of hydrogen-bond donors (Lipinski definition) is 1. The first-order valence-corrected chi connectivity index (χ1v) is 7.91. The van der Waals surface area contributed by atoms with E-state index >= 15 is 0 Å². The van der Waals surface area contributed by atoms with Gasteiger partial charge in [0.15, 0.2) is 0 Å². The Hall–Kier alpha value is -1.81. The lowest BCUT2D eigenvalue weighted by molar-refractivity contribution is 0.0954. The van der Waals surface area contributed by atoms with Crippen molar-refractivity contribution in [3.8, 4) is 5.75 Å². The first-order chi connectivity index (χ1) is 10.2. The first kappa shape index (κ1) is 15.6. The maximum atomic E-state index is 12.0. The number of carbonyl (C=O) groups is 1. The van der Waals surface area contributed by atoms with Gasteiger partial charge in [-0.3, -0.25) is 4.79 Å². The molecule has 0 radical (unpaired) electrons. The van der Waals surface area contributed by atoms with Crippen LogP contribution >= 0.6 is 15.9 Å². The van der Waals surface area contributed by atoms with E-state index < -0.39 is 0 Å². The SMILES string of the molecule is COc1ccccc1CCNC(=O)c1ccc(CBr)cc1. The third-order valence-corrected chi connectivity index (χ3v) is 3.89. The van der Waals surface area contributed by atoms with Crippen molar-refractivity contribution in [2.45, 2.75) is 11.8 Å². The topological polar surface area (TPSA) is 38.3 Å². The van der Waals surface area contributed by atoms with Gasteiger partial charge in [0.2, 0.25) is 0 Å². The smallest absolute Gasteiger partial charge is 0.251 e. The standard InChI is InChI=1S/C17H18BrNO2/c1-21-16-5-3-2-4-14(16)10-11-19-17(20)15-8-6-13(12-18)7-9-15/h2-9H,10-12H2,1H3,(H,19,20). The molecule has 2 rings (SSSR count). The van der Waals surface area contributed by atoms with Crippen LogP contribution in [-0.4, -0.2) is 19.6 Å². The molecular formula is C17H18BrNO2. The number of amides is 1. The number of hydrogen-bond acceptors (Lipinski definition) is 2. The predicted molar refractivity (Wildman–Crippen MR) is 88.1 cm³/mol. The molecular weight excluding hydrogens is 330 g/mol. The number of rotatable bonds is 6. The van der Waals surface area contributed by atoms with Crippen LogP contribution in [0.5, 0.6) is 5.75 Å². The Morgan fingerprint density at radius 1 is 1.14 bits per heavy atom. The minimum absolute atomic E-state index is 0.0500. The molecule has 3 nitrogen and oxygen atoms in total. The molecule has 0 heterocycles. The lowest BCUT2D eigenvalue weighted by Gasteiger charge is -2.09. The Morgan fingerprint density at radius 3 is 2.52 bits per heavy atom. The molecule has 4 heteroatoms. The summed E-state index contributed by atoms with van der Waals surface area (Å²) in [7, 11) is 1.66. The van der Waals surface area contributed by atoms with Gasteiger partial charge in [-0.25, -0.2) is 0 Å². The zero-order chi connectivity index (χ0) is 15.1.